The summed E-state index contributed by atoms with van der Waals surface area (Å²) in [7, 11) is 0. The number of carbonyl (C=O) groups is 2. The number of hydrogen-bond donors (Lipinski definition) is 2. The zero-order valence-electron chi connectivity index (χ0n) is 12.2. The van der Waals surface area contributed by atoms with Crippen molar-refractivity contribution in [2.24, 2.45) is 23.7 Å². The highest BCUT2D eigenvalue weighted by Gasteiger charge is 2.53. The lowest BCUT2D eigenvalue weighted by Gasteiger charge is -2.27. The summed E-state index contributed by atoms with van der Waals surface area (Å²) < 4.78 is 0. The lowest BCUT2D eigenvalue weighted by atomic mass is 9.78. The number of fused-ring (bicyclic) bond motifs is 2. The molecule has 2 aliphatic rings. The minimum absolute atomic E-state index is 0.115. The minimum Gasteiger partial charge on any atom is -0.481 e. The monoisotopic (exact) mass is 287 g/mol. The molecule has 0 aliphatic heterocycles. The number of rotatable bonds is 4. The smallest absolute Gasteiger partial charge is 0.307 e. The number of carboxylic acids is 1. The van der Waals surface area contributed by atoms with Crippen molar-refractivity contribution >= 4 is 17.6 Å². The summed E-state index contributed by atoms with van der Waals surface area (Å²) in [5.74, 6) is -1.38. The van der Waals surface area contributed by atoms with E-state index in [1.165, 1.54) is 0 Å². The third-order valence-electron chi connectivity index (χ3n) is 5.16. The fourth-order valence-corrected chi connectivity index (χ4v) is 4.19. The van der Waals surface area contributed by atoms with Crippen molar-refractivity contribution in [1.29, 1.82) is 0 Å². The van der Waals surface area contributed by atoms with E-state index in [1.807, 2.05) is 31.2 Å². The number of anilines is 1. The number of amides is 1. The van der Waals surface area contributed by atoms with Gasteiger partial charge >= 0.3 is 5.97 Å². The highest BCUT2D eigenvalue weighted by atomic mass is 16.4. The van der Waals surface area contributed by atoms with E-state index in [-0.39, 0.29) is 23.7 Å². The summed E-state index contributed by atoms with van der Waals surface area (Å²) in [6.07, 6.45) is 3.68. The summed E-state index contributed by atoms with van der Waals surface area (Å²) in [5.41, 5.74) is 1.90. The maximum atomic E-state index is 12.6. The number of carbonyl (C=O) groups excluding carboxylic acids is 1. The van der Waals surface area contributed by atoms with E-state index in [4.69, 9.17) is 0 Å². The largest absolute Gasteiger partial charge is 0.481 e. The summed E-state index contributed by atoms with van der Waals surface area (Å²) >= 11 is 0. The van der Waals surface area contributed by atoms with Crippen molar-refractivity contribution in [2.45, 2.75) is 32.6 Å². The molecular formula is C17H21NO3. The molecule has 2 bridgehead atoms. The topological polar surface area (TPSA) is 66.4 Å². The molecule has 2 saturated carbocycles. The van der Waals surface area contributed by atoms with Gasteiger partial charge in [-0.05, 0) is 49.1 Å². The molecule has 112 valence electrons. The lowest BCUT2D eigenvalue weighted by Crippen LogP contribution is -2.38. The van der Waals surface area contributed by atoms with Crippen LogP contribution in [0.4, 0.5) is 5.69 Å². The van der Waals surface area contributed by atoms with Gasteiger partial charge in [0.25, 0.3) is 0 Å². The first kappa shape index (κ1) is 14.1. The van der Waals surface area contributed by atoms with Gasteiger partial charge in [0.2, 0.25) is 5.91 Å². The Morgan fingerprint density at radius 3 is 2.52 bits per heavy atom. The predicted molar refractivity (Wildman–Crippen MR) is 79.9 cm³/mol. The quantitative estimate of drug-likeness (QED) is 0.894. The second-order valence-corrected chi connectivity index (χ2v) is 6.22. The SMILES string of the molecule is CCc1ccccc1NC(=O)[C@@H]1[C@@H]2CC[C@@H](C2)[C@@H]1C(=O)O. The molecule has 0 heterocycles. The zero-order chi connectivity index (χ0) is 15.0. The van der Waals surface area contributed by atoms with Crippen LogP contribution in [-0.4, -0.2) is 17.0 Å². The molecule has 0 saturated heterocycles. The first-order chi connectivity index (χ1) is 10.1. The molecular weight excluding hydrogens is 266 g/mol. The standard InChI is InChI=1S/C17H21NO3/c1-2-10-5-3-4-6-13(10)18-16(19)14-11-7-8-12(9-11)15(14)17(20)21/h3-6,11-12,14-15H,2,7-9H2,1H3,(H,18,19)(H,20,21)/t11-,12+,14-,15+/m1/s1. The third kappa shape index (κ3) is 2.43. The van der Waals surface area contributed by atoms with Crippen LogP contribution in [0.25, 0.3) is 0 Å². The number of aryl methyl sites for hydroxylation is 1. The number of benzene rings is 1. The maximum absolute atomic E-state index is 12.6. The van der Waals surface area contributed by atoms with Crippen LogP contribution in [0, 0.1) is 23.7 Å². The molecule has 4 atom stereocenters. The molecule has 2 aliphatic carbocycles. The van der Waals surface area contributed by atoms with Gasteiger partial charge in [-0.1, -0.05) is 25.1 Å². The van der Waals surface area contributed by atoms with Crippen LogP contribution in [-0.2, 0) is 16.0 Å². The second-order valence-electron chi connectivity index (χ2n) is 6.22. The van der Waals surface area contributed by atoms with Gasteiger partial charge in [-0.25, -0.2) is 0 Å². The van der Waals surface area contributed by atoms with Crippen LogP contribution in [0.5, 0.6) is 0 Å². The van der Waals surface area contributed by atoms with Gasteiger partial charge in [-0.15, -0.1) is 0 Å². The summed E-state index contributed by atoms with van der Waals surface area (Å²) in [6.45, 7) is 2.04. The Kier molecular flexibility index (Phi) is 3.70. The Hall–Kier alpha value is -1.84. The molecule has 1 amide bonds. The van der Waals surface area contributed by atoms with Gasteiger partial charge in [0.1, 0.15) is 0 Å². The molecule has 0 radical (unpaired) electrons. The Labute approximate surface area is 124 Å². The van der Waals surface area contributed by atoms with Crippen molar-refractivity contribution in [3.8, 4) is 0 Å². The number of para-hydroxylation sites is 1. The van der Waals surface area contributed by atoms with Gasteiger partial charge in [-0.3, -0.25) is 9.59 Å². The Morgan fingerprint density at radius 1 is 1.19 bits per heavy atom. The number of aliphatic carboxylic acids is 1. The highest BCUT2D eigenvalue weighted by Crippen LogP contribution is 2.52. The molecule has 4 heteroatoms. The fourth-order valence-electron chi connectivity index (χ4n) is 4.19. The molecule has 0 unspecified atom stereocenters. The van der Waals surface area contributed by atoms with E-state index < -0.39 is 11.9 Å². The molecule has 2 N–H and O–H groups in total. The van der Waals surface area contributed by atoms with Crippen LogP contribution >= 0.6 is 0 Å². The van der Waals surface area contributed by atoms with E-state index in [1.54, 1.807) is 0 Å². The number of hydrogen-bond acceptors (Lipinski definition) is 2. The molecule has 3 rings (SSSR count). The summed E-state index contributed by atoms with van der Waals surface area (Å²) in [5, 5.41) is 12.4. The minimum atomic E-state index is -0.814. The van der Waals surface area contributed by atoms with Gasteiger partial charge in [0, 0.05) is 5.69 Å². The summed E-state index contributed by atoms with van der Waals surface area (Å²) in [6, 6.07) is 7.72. The predicted octanol–water partition coefficient (Wildman–Crippen LogP) is 2.93. The van der Waals surface area contributed by atoms with E-state index >= 15 is 0 Å². The average molecular weight is 287 g/mol. The molecule has 21 heavy (non-hydrogen) atoms. The first-order valence-corrected chi connectivity index (χ1v) is 7.73. The lowest BCUT2D eigenvalue weighted by molar-refractivity contribution is -0.148. The van der Waals surface area contributed by atoms with Gasteiger partial charge < -0.3 is 10.4 Å². The van der Waals surface area contributed by atoms with E-state index in [9.17, 15) is 14.7 Å². The zero-order valence-corrected chi connectivity index (χ0v) is 12.2. The van der Waals surface area contributed by atoms with Crippen molar-refractivity contribution in [3.05, 3.63) is 29.8 Å². The number of carboxylic acid groups (broad SMARTS) is 1. The normalized spacial score (nSPS) is 30.3. The van der Waals surface area contributed by atoms with Crippen LogP contribution in [0.3, 0.4) is 0 Å². The highest BCUT2D eigenvalue weighted by molar-refractivity contribution is 5.96. The van der Waals surface area contributed by atoms with E-state index in [0.717, 1.165) is 36.9 Å². The third-order valence-corrected chi connectivity index (χ3v) is 5.16. The molecule has 0 aromatic heterocycles. The van der Waals surface area contributed by atoms with Crippen LogP contribution in [0.15, 0.2) is 24.3 Å². The molecule has 1 aromatic rings. The first-order valence-electron chi connectivity index (χ1n) is 7.73. The maximum Gasteiger partial charge on any atom is 0.307 e. The van der Waals surface area contributed by atoms with Crippen molar-refractivity contribution in [3.63, 3.8) is 0 Å². The van der Waals surface area contributed by atoms with Crippen LogP contribution in [0.2, 0.25) is 0 Å². The Bertz CT molecular complexity index is 569. The van der Waals surface area contributed by atoms with Crippen molar-refractivity contribution in [2.75, 3.05) is 5.32 Å². The molecule has 4 nitrogen and oxygen atoms in total. The van der Waals surface area contributed by atoms with E-state index in [0.29, 0.717) is 0 Å². The van der Waals surface area contributed by atoms with Gasteiger partial charge in [0.05, 0.1) is 11.8 Å². The van der Waals surface area contributed by atoms with Gasteiger partial charge in [0.15, 0.2) is 0 Å². The molecule has 1 aromatic carbocycles. The second kappa shape index (κ2) is 5.51. The van der Waals surface area contributed by atoms with Crippen LogP contribution < -0.4 is 5.32 Å². The van der Waals surface area contributed by atoms with Crippen LogP contribution in [0.1, 0.15) is 31.7 Å². The average Bonchev–Trinajstić information content (AvgIpc) is 3.08. The number of nitrogens with one attached hydrogen (secondary N) is 1. The Balaban J connectivity index is 1.80. The molecule has 0 spiro atoms. The Morgan fingerprint density at radius 2 is 1.86 bits per heavy atom. The van der Waals surface area contributed by atoms with E-state index in [2.05, 4.69) is 5.32 Å². The van der Waals surface area contributed by atoms with Crippen molar-refractivity contribution < 1.29 is 14.7 Å². The van der Waals surface area contributed by atoms with Crippen molar-refractivity contribution in [1.82, 2.24) is 0 Å². The molecule has 2 fully saturated rings. The summed E-state index contributed by atoms with van der Waals surface area (Å²) in [4.78, 5) is 24.1. The van der Waals surface area contributed by atoms with Gasteiger partial charge in [-0.2, -0.15) is 0 Å². The fraction of sp³-hybridized carbons (Fsp3) is 0.529.